The highest BCUT2D eigenvalue weighted by Gasteiger charge is 2.63. The van der Waals surface area contributed by atoms with E-state index in [1.165, 1.54) is 61.0 Å². The maximum Gasteiger partial charge on any atom is 0.338 e. The molecule has 5 N–H and O–H groups in total. The molecule has 2 saturated carbocycles. The summed E-state index contributed by atoms with van der Waals surface area (Å²) in [6, 6.07) is 33.9. The number of pyridine rings is 6. The summed E-state index contributed by atoms with van der Waals surface area (Å²) < 4.78 is 115. The van der Waals surface area contributed by atoms with Gasteiger partial charge in [0.2, 0.25) is 15.7 Å². The monoisotopic (exact) mass is 1640 g/mol. The van der Waals surface area contributed by atoms with Gasteiger partial charge in [0, 0.05) is 83.1 Å². The minimum Gasteiger partial charge on any atom is -0.493 e. The van der Waals surface area contributed by atoms with E-state index in [0.29, 0.717) is 101 Å². The van der Waals surface area contributed by atoms with Crippen LogP contribution in [0.3, 0.4) is 0 Å². The van der Waals surface area contributed by atoms with Gasteiger partial charge in [-0.1, -0.05) is 86.6 Å². The Morgan fingerprint density at radius 1 is 0.626 bits per heavy atom. The molecule has 3 saturated heterocycles. The number of fused-ring (bicyclic) bond motifs is 2. The van der Waals surface area contributed by atoms with Crippen molar-refractivity contribution >= 4 is 88.2 Å². The Labute approximate surface area is 680 Å². The van der Waals surface area contributed by atoms with E-state index in [0.717, 1.165) is 45.1 Å². The van der Waals surface area contributed by atoms with Gasteiger partial charge >= 0.3 is 5.97 Å². The largest absolute Gasteiger partial charge is 0.493 e. The minimum atomic E-state index is -4.31. The quantitative estimate of drug-likeness (QED) is 0.0322. The molecule has 30 heteroatoms. The predicted octanol–water partition coefficient (Wildman–Crippen LogP) is 15.5. The van der Waals surface area contributed by atoms with Gasteiger partial charge in [-0.05, 0) is 219 Å². The molecule has 13 rings (SSSR count). The van der Waals surface area contributed by atoms with Crippen LogP contribution in [-0.4, -0.2) is 140 Å². The average Bonchev–Trinajstić information content (AvgIpc) is 1.56. The van der Waals surface area contributed by atoms with E-state index in [1.54, 1.807) is 98.2 Å². The number of ketones is 1. The molecule has 8 aromatic rings. The maximum atomic E-state index is 14.6. The smallest absolute Gasteiger partial charge is 0.338 e. The first kappa shape index (κ1) is 85.7. The van der Waals surface area contributed by atoms with E-state index in [4.69, 9.17) is 24.9 Å². The Morgan fingerprint density at radius 2 is 1.20 bits per heavy atom. The van der Waals surface area contributed by atoms with Crippen molar-refractivity contribution in [2.45, 2.75) is 187 Å². The Balaban J connectivity index is 0.000000242. The number of aromatic nitrogens is 6. The van der Waals surface area contributed by atoms with Crippen molar-refractivity contribution in [2.75, 3.05) is 64.4 Å². The second kappa shape index (κ2) is 33.9. The lowest BCUT2D eigenvalue weighted by molar-refractivity contribution is 0.0269. The number of nitrogens with two attached hydrogens (primary N) is 1. The summed E-state index contributed by atoms with van der Waals surface area (Å²) in [4.78, 5) is 84.4. The van der Waals surface area contributed by atoms with Crippen LogP contribution in [0.2, 0.25) is 0 Å². The lowest BCUT2D eigenvalue weighted by Gasteiger charge is -2.38. The number of hydrogen-bond acceptors (Lipinski definition) is 24. The Hall–Kier alpha value is -10.2. The number of ether oxygens (including phenoxy) is 3. The Bertz CT molecular complexity index is 5350. The Morgan fingerprint density at radius 3 is 1.78 bits per heavy atom. The molecule has 9 heterocycles. The average molecular weight is 1640 g/mol. The second-order valence-corrected chi connectivity index (χ2v) is 38.9. The third-order valence-electron chi connectivity index (χ3n) is 23.0. The number of anilines is 6. The maximum absolute atomic E-state index is 14.6. The fourth-order valence-corrected chi connectivity index (χ4v) is 19.9. The molecule has 0 radical (unpaired) electrons. The molecule has 7 unspecified atom stereocenters. The van der Waals surface area contributed by atoms with Crippen LogP contribution in [0.1, 0.15) is 196 Å². The molecule has 6 aromatic heterocycles. The molecule has 3 aliphatic heterocycles. The normalized spacial score (nSPS) is 21.8. The number of nitrogens with zero attached hydrogens (tertiary/aromatic N) is 9. The fraction of sp³-hybridized carbons (Fsp3) is 0.459. The highest BCUT2D eigenvalue weighted by atomic mass is 32.2. The van der Waals surface area contributed by atoms with Crippen LogP contribution in [0.4, 0.5) is 39.2 Å². The summed E-state index contributed by atoms with van der Waals surface area (Å²) in [6.45, 7) is 34.4. The van der Waals surface area contributed by atoms with Crippen LogP contribution >= 0.6 is 0 Å². The molecular weight excluding hydrogens is 1530 g/mol. The van der Waals surface area contributed by atoms with E-state index in [2.05, 4.69) is 133 Å². The molecule has 2 bridgehead atoms. The molecule has 115 heavy (non-hydrogen) atoms. The fourth-order valence-electron chi connectivity index (χ4n) is 16.9. The molecule has 26 nitrogen and oxygen atoms in total. The topological polar surface area (TPSA) is 348 Å². The van der Waals surface area contributed by atoms with Gasteiger partial charge in [-0.3, -0.25) is 14.4 Å². The highest BCUT2D eigenvalue weighted by Crippen LogP contribution is 2.66. The van der Waals surface area contributed by atoms with E-state index in [1.807, 2.05) is 18.7 Å². The van der Waals surface area contributed by atoms with Gasteiger partial charge in [-0.2, -0.15) is 16.8 Å². The van der Waals surface area contributed by atoms with Gasteiger partial charge < -0.3 is 40.0 Å². The van der Waals surface area contributed by atoms with E-state index in [9.17, 15) is 48.8 Å². The van der Waals surface area contributed by atoms with Crippen molar-refractivity contribution in [1.29, 1.82) is 0 Å². The van der Waals surface area contributed by atoms with Gasteiger partial charge in [0.1, 0.15) is 52.5 Å². The van der Waals surface area contributed by atoms with Crippen LogP contribution < -0.4 is 44.7 Å². The number of rotatable bonds is 24. The van der Waals surface area contributed by atoms with Crippen molar-refractivity contribution in [3.05, 3.63) is 174 Å². The van der Waals surface area contributed by atoms with Gasteiger partial charge in [0.25, 0.3) is 31.9 Å². The van der Waals surface area contributed by atoms with Crippen LogP contribution in [-0.2, 0) is 34.6 Å². The molecule has 2 aliphatic carbocycles. The van der Waals surface area contributed by atoms with Crippen LogP contribution in [0.15, 0.2) is 161 Å². The second-order valence-electron chi connectivity index (χ2n) is 33.7. The van der Waals surface area contributed by atoms with E-state index >= 15 is 0 Å². The number of nitrogen functional groups attached to an aromatic ring is 1. The molecule has 622 valence electrons. The zero-order valence-electron chi connectivity index (χ0n) is 68.0. The highest BCUT2D eigenvalue weighted by molar-refractivity contribution is 7.92. The number of nitrogens with one attached hydrogen (secondary N) is 3. The number of carbonyl (C=O) groups is 4. The number of sulfone groups is 1. The number of esters is 1. The SMILES string of the molecule is CC1CN(c2ncccc2C(=O)CS(=O)(=O)c2cccc(OC3CC4CCC3(C)C4(C)C)n2)C(C)(C)C1.CCC1(C)CC(C)CN1c1nc(-c2cc(F)cc(OCC(C)C)c2)ccc1C(=O)NS(=O)(=O)c1cccc(N)n1.CCOC(=O)c1cccc(Nc2cccc(S(=O)(=O)NC(=O)c3cccnc3N3CC(C)CC3(C)C)n2)c1.[HH].[HH].[HH].[HH]. The third kappa shape index (κ3) is 19.2. The molecule has 0 spiro atoms. The summed E-state index contributed by atoms with van der Waals surface area (Å²) >= 11 is 0. The number of hydrogen-bond donors (Lipinski definition) is 4. The predicted molar refractivity (Wildman–Crippen MR) is 449 cm³/mol. The van der Waals surface area contributed by atoms with E-state index < -0.39 is 65.0 Å². The molecular formula is C85H114FN13O13S3. The van der Waals surface area contributed by atoms with Crippen molar-refractivity contribution in [3.63, 3.8) is 0 Å². The molecule has 2 aromatic carbocycles. The third-order valence-corrected chi connectivity index (χ3v) is 27.0. The summed E-state index contributed by atoms with van der Waals surface area (Å²) in [6.07, 6.45) is 10.1. The first-order valence-electron chi connectivity index (χ1n) is 39.0. The first-order chi connectivity index (χ1) is 54.0. The van der Waals surface area contributed by atoms with E-state index in [-0.39, 0.29) is 89.6 Å². The van der Waals surface area contributed by atoms with Crippen molar-refractivity contribution in [1.82, 2.24) is 39.3 Å². The number of amides is 2. The first-order valence-corrected chi connectivity index (χ1v) is 43.6. The number of sulfonamides is 2. The standard InChI is InChI=1S/C29H36FN5O4S.C29H39N3O4S.C27H31N5O5S.4H2/c1-6-29(5)15-19(4)16-35(29)27-23(28(36)34-40(37,38)26-9-7-8-25(31)33-26)10-11-24(32-27)20-12-21(30)14-22(13-20)39-17-18(2)3;1-19-16-27(2,3)32(17-19)26-21(9-8-14-30-26)22(33)18-37(34,35)25-11-7-10-24(31-25)36-23-15-20-12-13-29(23,6)28(20,4)5;1-5-37-26(34)19-9-6-10-20(15-19)29-22-12-7-13-23(30-22)38(35,36)31-25(33)21-11-8-14-28-24(21)32-17-18(2)16-27(32,3)4;;;;/h7-14,18-19H,6,15-17H2,1-5H3,(H2,31,33)(H,34,36);7-11,14,19-20,23H,12-13,15-18H2,1-6H3;6-15,18H,5,16-17H2,1-4H3,(H,29,30)(H,31,33);4*1H. The zero-order chi connectivity index (χ0) is 83.5. The molecule has 7 atom stereocenters. The summed E-state index contributed by atoms with van der Waals surface area (Å²) in [5, 5.41) is 2.15. The number of carbonyl (C=O) groups excluding carboxylic acids is 4. The van der Waals surface area contributed by atoms with Gasteiger partial charge in [-0.25, -0.2) is 57.0 Å². The van der Waals surface area contributed by atoms with Crippen LogP contribution in [0, 0.1) is 46.2 Å². The van der Waals surface area contributed by atoms with Crippen LogP contribution in [0.5, 0.6) is 11.6 Å². The van der Waals surface area contributed by atoms with Gasteiger partial charge in [-0.15, -0.1) is 0 Å². The van der Waals surface area contributed by atoms with Gasteiger partial charge in [0.05, 0.1) is 41.2 Å². The van der Waals surface area contributed by atoms with Crippen molar-refractivity contribution in [3.8, 4) is 22.9 Å². The van der Waals surface area contributed by atoms with Gasteiger partial charge in [0.15, 0.2) is 20.9 Å². The lowest BCUT2D eigenvalue weighted by atomic mass is 9.70. The molecule has 2 amide bonds. The molecule has 5 aliphatic rings. The number of benzene rings is 2. The number of Topliss-reactive ketones (excluding diaryl/α,β-unsaturated/α-hetero) is 1. The molecule has 5 fully saturated rings. The Kier molecular flexibility index (Phi) is 25.3. The minimum absolute atomic E-state index is 0. The number of halogens is 1. The van der Waals surface area contributed by atoms with Crippen molar-refractivity contribution < 1.29 is 68.7 Å². The summed E-state index contributed by atoms with van der Waals surface area (Å²) in [5.74, 6) is 0.553. The van der Waals surface area contributed by atoms with Crippen LogP contribution in [0.25, 0.3) is 11.3 Å². The summed E-state index contributed by atoms with van der Waals surface area (Å²) in [7, 11) is -12.6. The van der Waals surface area contributed by atoms with Crippen molar-refractivity contribution in [2.24, 2.45) is 40.4 Å². The lowest BCUT2D eigenvalue weighted by Crippen LogP contribution is -2.43. The zero-order valence-corrected chi connectivity index (χ0v) is 70.5. The summed E-state index contributed by atoms with van der Waals surface area (Å²) in [5.41, 5.74) is 7.50.